The first kappa shape index (κ1) is 20.6. The van der Waals surface area contributed by atoms with E-state index in [0.29, 0.717) is 12.1 Å². The Morgan fingerprint density at radius 3 is 2.62 bits per heavy atom. The van der Waals surface area contributed by atoms with Crippen molar-refractivity contribution in [3.05, 3.63) is 65.2 Å². The van der Waals surface area contributed by atoms with Gasteiger partial charge in [0.05, 0.1) is 5.52 Å². The molecule has 29 heavy (non-hydrogen) atoms. The van der Waals surface area contributed by atoms with E-state index in [2.05, 4.69) is 36.4 Å². The Bertz CT molecular complexity index is 1040. The monoisotopic (exact) mass is 392 g/mol. The standard InChI is InChI=1S/C23H28N4O2/c1-5-6-13-24-23(29)21-25-20(18-12-7-8-14-27(18)21)22(28)26-19-16(4)10-9-11-17(19)15(2)3/h7-12,14-15H,5-6,13H2,1-4H3,(H,24,29)(H,26,28). The summed E-state index contributed by atoms with van der Waals surface area (Å²) in [5.41, 5.74) is 3.71. The van der Waals surface area contributed by atoms with Crippen LogP contribution < -0.4 is 10.6 Å². The van der Waals surface area contributed by atoms with Gasteiger partial charge in [-0.1, -0.05) is 51.5 Å². The van der Waals surface area contributed by atoms with Crippen LogP contribution in [0.2, 0.25) is 0 Å². The molecule has 0 bridgehead atoms. The molecule has 1 aromatic carbocycles. The van der Waals surface area contributed by atoms with Crippen LogP contribution in [0.1, 0.15) is 71.8 Å². The molecule has 0 radical (unpaired) electrons. The normalized spacial score (nSPS) is 11.1. The van der Waals surface area contributed by atoms with Crippen LogP contribution in [0, 0.1) is 6.92 Å². The van der Waals surface area contributed by atoms with E-state index in [1.807, 2.05) is 37.3 Å². The molecule has 2 amide bonds. The van der Waals surface area contributed by atoms with Crippen molar-refractivity contribution in [1.29, 1.82) is 0 Å². The number of para-hydroxylation sites is 1. The zero-order chi connectivity index (χ0) is 21.0. The smallest absolute Gasteiger partial charge is 0.287 e. The Labute approximate surface area is 171 Å². The Hall–Kier alpha value is -3.15. The summed E-state index contributed by atoms with van der Waals surface area (Å²) in [5, 5.41) is 5.90. The highest BCUT2D eigenvalue weighted by Crippen LogP contribution is 2.28. The second kappa shape index (κ2) is 8.90. The number of imidazole rings is 1. The molecular weight excluding hydrogens is 364 g/mol. The molecule has 0 fully saturated rings. The molecule has 0 saturated carbocycles. The van der Waals surface area contributed by atoms with Gasteiger partial charge in [-0.25, -0.2) is 4.98 Å². The topological polar surface area (TPSA) is 75.5 Å². The minimum atomic E-state index is -0.322. The molecular formula is C23H28N4O2. The van der Waals surface area contributed by atoms with Crippen LogP contribution >= 0.6 is 0 Å². The lowest BCUT2D eigenvalue weighted by Crippen LogP contribution is -2.26. The number of unbranched alkanes of at least 4 members (excludes halogenated alkanes) is 1. The number of anilines is 1. The average molecular weight is 393 g/mol. The number of hydrogen-bond acceptors (Lipinski definition) is 3. The molecule has 3 rings (SSSR count). The van der Waals surface area contributed by atoms with Crippen LogP contribution in [-0.4, -0.2) is 27.7 Å². The second-order valence-electron chi connectivity index (χ2n) is 7.50. The van der Waals surface area contributed by atoms with Crippen molar-refractivity contribution in [2.75, 3.05) is 11.9 Å². The molecule has 0 unspecified atom stereocenters. The van der Waals surface area contributed by atoms with Crippen molar-refractivity contribution in [3.8, 4) is 0 Å². The zero-order valence-electron chi connectivity index (χ0n) is 17.5. The number of nitrogens with one attached hydrogen (secondary N) is 2. The van der Waals surface area contributed by atoms with Crippen LogP contribution in [-0.2, 0) is 0 Å². The minimum Gasteiger partial charge on any atom is -0.349 e. The molecule has 2 aromatic heterocycles. The number of amides is 2. The zero-order valence-corrected chi connectivity index (χ0v) is 17.5. The van der Waals surface area contributed by atoms with Gasteiger partial charge in [-0.15, -0.1) is 0 Å². The summed E-state index contributed by atoms with van der Waals surface area (Å²) in [6.45, 7) is 8.81. The molecule has 0 atom stereocenters. The molecule has 6 heteroatoms. The van der Waals surface area contributed by atoms with Gasteiger partial charge in [0.15, 0.2) is 5.69 Å². The van der Waals surface area contributed by atoms with Crippen molar-refractivity contribution in [3.63, 3.8) is 0 Å². The van der Waals surface area contributed by atoms with E-state index in [1.54, 1.807) is 16.7 Å². The average Bonchev–Trinajstić information content (AvgIpc) is 3.09. The van der Waals surface area contributed by atoms with Crippen LogP contribution in [0.4, 0.5) is 5.69 Å². The van der Waals surface area contributed by atoms with Crippen molar-refractivity contribution < 1.29 is 9.59 Å². The van der Waals surface area contributed by atoms with Gasteiger partial charge in [0.25, 0.3) is 11.8 Å². The van der Waals surface area contributed by atoms with Gasteiger partial charge >= 0.3 is 0 Å². The predicted octanol–water partition coefficient (Wildman–Crippen LogP) is 4.55. The van der Waals surface area contributed by atoms with Crippen LogP contribution in [0.15, 0.2) is 42.6 Å². The molecule has 3 aromatic rings. The second-order valence-corrected chi connectivity index (χ2v) is 7.50. The first-order valence-corrected chi connectivity index (χ1v) is 10.1. The number of pyridine rings is 1. The molecule has 0 aliphatic heterocycles. The maximum Gasteiger partial charge on any atom is 0.287 e. The highest BCUT2D eigenvalue weighted by Gasteiger charge is 2.22. The third-order valence-electron chi connectivity index (χ3n) is 4.95. The molecule has 2 heterocycles. The molecule has 6 nitrogen and oxygen atoms in total. The van der Waals surface area contributed by atoms with Crippen molar-refractivity contribution >= 4 is 23.0 Å². The van der Waals surface area contributed by atoms with Gasteiger partial charge in [-0.2, -0.15) is 0 Å². The molecule has 0 spiro atoms. The van der Waals surface area contributed by atoms with Crippen LogP contribution in [0.25, 0.3) is 5.52 Å². The summed E-state index contributed by atoms with van der Waals surface area (Å²) in [6, 6.07) is 11.4. The molecule has 0 aliphatic rings. The summed E-state index contributed by atoms with van der Waals surface area (Å²) in [5.74, 6) is -0.116. The maximum absolute atomic E-state index is 13.1. The van der Waals surface area contributed by atoms with Gasteiger partial charge in [0.1, 0.15) is 0 Å². The molecule has 152 valence electrons. The number of fused-ring (bicyclic) bond motifs is 1. The lowest BCUT2D eigenvalue weighted by molar-refractivity contribution is 0.0942. The predicted molar refractivity (Wildman–Crippen MR) is 116 cm³/mol. The van der Waals surface area contributed by atoms with Gasteiger partial charge in [0, 0.05) is 18.4 Å². The Kier molecular flexibility index (Phi) is 6.32. The third-order valence-corrected chi connectivity index (χ3v) is 4.95. The Morgan fingerprint density at radius 2 is 1.90 bits per heavy atom. The van der Waals surface area contributed by atoms with E-state index in [0.717, 1.165) is 29.7 Å². The summed E-state index contributed by atoms with van der Waals surface area (Å²) in [7, 11) is 0. The number of nitrogens with zero attached hydrogens (tertiary/aromatic N) is 2. The van der Waals surface area contributed by atoms with E-state index in [9.17, 15) is 9.59 Å². The highest BCUT2D eigenvalue weighted by molar-refractivity contribution is 6.09. The van der Waals surface area contributed by atoms with Gasteiger partial charge in [-0.3, -0.25) is 14.0 Å². The van der Waals surface area contributed by atoms with Gasteiger partial charge in [0.2, 0.25) is 5.82 Å². The number of rotatable bonds is 7. The number of benzene rings is 1. The van der Waals surface area contributed by atoms with Crippen molar-refractivity contribution in [2.24, 2.45) is 0 Å². The van der Waals surface area contributed by atoms with E-state index in [4.69, 9.17) is 0 Å². The number of aryl methyl sites for hydroxylation is 1. The fourth-order valence-corrected chi connectivity index (χ4v) is 3.34. The maximum atomic E-state index is 13.1. The fraction of sp³-hybridized carbons (Fsp3) is 0.348. The lowest BCUT2D eigenvalue weighted by atomic mass is 9.98. The van der Waals surface area contributed by atoms with Crippen molar-refractivity contribution in [2.45, 2.75) is 46.5 Å². The Morgan fingerprint density at radius 1 is 1.10 bits per heavy atom. The summed E-state index contributed by atoms with van der Waals surface area (Å²) in [6.07, 6.45) is 3.64. The lowest BCUT2D eigenvalue weighted by Gasteiger charge is -2.16. The van der Waals surface area contributed by atoms with Gasteiger partial charge in [-0.05, 0) is 42.5 Å². The number of aromatic nitrogens is 2. The SMILES string of the molecule is CCCCNC(=O)c1nc(C(=O)Nc2c(C)cccc2C(C)C)c2ccccn12. The number of carbonyl (C=O) groups excluding carboxylic acids is 2. The van der Waals surface area contributed by atoms with Crippen LogP contribution in [0.5, 0.6) is 0 Å². The molecule has 2 N–H and O–H groups in total. The molecule has 0 aliphatic carbocycles. The van der Waals surface area contributed by atoms with E-state index in [-0.39, 0.29) is 29.3 Å². The van der Waals surface area contributed by atoms with E-state index in [1.165, 1.54) is 0 Å². The number of carbonyl (C=O) groups is 2. The largest absolute Gasteiger partial charge is 0.349 e. The van der Waals surface area contributed by atoms with E-state index >= 15 is 0 Å². The van der Waals surface area contributed by atoms with Gasteiger partial charge < -0.3 is 10.6 Å². The summed E-state index contributed by atoms with van der Waals surface area (Å²) < 4.78 is 1.66. The van der Waals surface area contributed by atoms with Crippen LogP contribution in [0.3, 0.4) is 0 Å². The number of hydrogen-bond donors (Lipinski definition) is 2. The highest BCUT2D eigenvalue weighted by atomic mass is 16.2. The summed E-state index contributed by atoms with van der Waals surface area (Å²) >= 11 is 0. The fourth-order valence-electron chi connectivity index (χ4n) is 3.34. The minimum absolute atomic E-state index is 0.218. The quantitative estimate of drug-likeness (QED) is 0.579. The first-order chi connectivity index (χ1) is 13.9. The Balaban J connectivity index is 1.97. The van der Waals surface area contributed by atoms with Crippen molar-refractivity contribution in [1.82, 2.24) is 14.7 Å². The van der Waals surface area contributed by atoms with E-state index < -0.39 is 0 Å². The summed E-state index contributed by atoms with van der Waals surface area (Å²) in [4.78, 5) is 30.1. The molecule has 0 saturated heterocycles. The first-order valence-electron chi connectivity index (χ1n) is 10.1. The third kappa shape index (κ3) is 4.31.